The van der Waals surface area contributed by atoms with E-state index < -0.39 is 11.0 Å². The number of aldehydes is 1. The van der Waals surface area contributed by atoms with Gasteiger partial charge in [-0.05, 0) is 49.1 Å². The van der Waals surface area contributed by atoms with Crippen LogP contribution in [0.4, 0.5) is 0 Å². The van der Waals surface area contributed by atoms with E-state index in [1.807, 2.05) is 27.7 Å². The molecule has 3 nitrogen and oxygen atoms in total. The summed E-state index contributed by atoms with van der Waals surface area (Å²) < 4.78 is 0. The normalized spacial score (nSPS) is 26.6. The van der Waals surface area contributed by atoms with E-state index in [4.69, 9.17) is 0 Å². The molecule has 0 spiro atoms. The molecule has 1 N–H and O–H groups in total. The van der Waals surface area contributed by atoms with Crippen LogP contribution in [0, 0.1) is 5.41 Å². The van der Waals surface area contributed by atoms with Crippen molar-refractivity contribution in [2.45, 2.75) is 59.5 Å². The standard InChI is InChI=1S/C18H26O3/c1-6-7-15-14(3)18(21,10-8-13(2)9-11-19)17(4,5)12-16(15)20/h8-11,21H,6-7,12H2,1-5H3. The molecule has 116 valence electrons. The third kappa shape index (κ3) is 3.41. The third-order valence-electron chi connectivity index (χ3n) is 4.41. The lowest BCUT2D eigenvalue weighted by Gasteiger charge is -2.45. The number of carbonyl (C=O) groups is 2. The molecule has 0 radical (unpaired) electrons. The highest BCUT2D eigenvalue weighted by molar-refractivity contribution is 5.98. The van der Waals surface area contributed by atoms with E-state index in [1.165, 1.54) is 6.08 Å². The van der Waals surface area contributed by atoms with Crippen molar-refractivity contribution in [3.63, 3.8) is 0 Å². The molecule has 0 aliphatic heterocycles. The molecular weight excluding hydrogens is 264 g/mol. The fourth-order valence-electron chi connectivity index (χ4n) is 2.93. The van der Waals surface area contributed by atoms with E-state index in [0.717, 1.165) is 29.4 Å². The predicted molar refractivity (Wildman–Crippen MR) is 84.9 cm³/mol. The number of rotatable bonds is 5. The molecule has 0 saturated heterocycles. The van der Waals surface area contributed by atoms with Gasteiger partial charge in [0.15, 0.2) is 5.78 Å². The first-order chi connectivity index (χ1) is 9.69. The fourth-order valence-corrected chi connectivity index (χ4v) is 2.93. The summed E-state index contributed by atoms with van der Waals surface area (Å²) >= 11 is 0. The Morgan fingerprint density at radius 1 is 1.38 bits per heavy atom. The van der Waals surface area contributed by atoms with Crippen molar-refractivity contribution in [1.29, 1.82) is 0 Å². The van der Waals surface area contributed by atoms with E-state index in [1.54, 1.807) is 19.1 Å². The van der Waals surface area contributed by atoms with Crippen LogP contribution in [0.5, 0.6) is 0 Å². The molecule has 1 aliphatic rings. The third-order valence-corrected chi connectivity index (χ3v) is 4.41. The van der Waals surface area contributed by atoms with Crippen molar-refractivity contribution in [3.8, 4) is 0 Å². The highest BCUT2D eigenvalue weighted by Gasteiger charge is 2.49. The Labute approximate surface area is 127 Å². The van der Waals surface area contributed by atoms with Gasteiger partial charge in [-0.2, -0.15) is 0 Å². The SMILES string of the molecule is CCCC1=C(C)C(O)(C=CC(C)=CC=O)C(C)(C)CC1=O. The number of ketones is 1. The highest BCUT2D eigenvalue weighted by atomic mass is 16.3. The van der Waals surface area contributed by atoms with Gasteiger partial charge in [0.1, 0.15) is 11.9 Å². The minimum atomic E-state index is -1.16. The quantitative estimate of drug-likeness (QED) is 0.479. The van der Waals surface area contributed by atoms with Gasteiger partial charge in [0.25, 0.3) is 0 Å². The average Bonchev–Trinajstić information content (AvgIpc) is 2.39. The van der Waals surface area contributed by atoms with Crippen molar-refractivity contribution in [2.75, 3.05) is 0 Å². The van der Waals surface area contributed by atoms with Crippen molar-refractivity contribution >= 4 is 12.1 Å². The summed E-state index contributed by atoms with van der Waals surface area (Å²) in [6.07, 6.45) is 7.55. The van der Waals surface area contributed by atoms with Crippen LogP contribution in [0.2, 0.25) is 0 Å². The van der Waals surface area contributed by atoms with Gasteiger partial charge >= 0.3 is 0 Å². The molecule has 0 aromatic carbocycles. The van der Waals surface area contributed by atoms with Crippen LogP contribution in [0.25, 0.3) is 0 Å². The summed E-state index contributed by atoms with van der Waals surface area (Å²) in [6.45, 7) is 9.48. The number of hydrogen-bond acceptors (Lipinski definition) is 3. The average molecular weight is 290 g/mol. The largest absolute Gasteiger partial charge is 0.381 e. The number of carbonyl (C=O) groups excluding carboxylic acids is 2. The second-order valence-corrected chi connectivity index (χ2v) is 6.48. The molecule has 1 atom stereocenters. The molecule has 0 amide bonds. The van der Waals surface area contributed by atoms with Crippen LogP contribution in [0.3, 0.4) is 0 Å². The number of allylic oxidation sites excluding steroid dienone is 4. The zero-order valence-electron chi connectivity index (χ0n) is 13.7. The van der Waals surface area contributed by atoms with Crippen LogP contribution < -0.4 is 0 Å². The van der Waals surface area contributed by atoms with Gasteiger partial charge in [0.2, 0.25) is 0 Å². The smallest absolute Gasteiger partial charge is 0.159 e. The minimum Gasteiger partial charge on any atom is -0.381 e. The lowest BCUT2D eigenvalue weighted by Crippen LogP contribution is -2.49. The second kappa shape index (κ2) is 6.52. The molecule has 1 rings (SSSR count). The molecule has 0 heterocycles. The van der Waals surface area contributed by atoms with Gasteiger partial charge in [0, 0.05) is 11.8 Å². The summed E-state index contributed by atoms with van der Waals surface area (Å²) in [6, 6.07) is 0. The maximum atomic E-state index is 12.3. The van der Waals surface area contributed by atoms with E-state index in [9.17, 15) is 14.7 Å². The molecular formula is C18H26O3. The summed E-state index contributed by atoms with van der Waals surface area (Å²) in [5, 5.41) is 11.2. The van der Waals surface area contributed by atoms with Crippen molar-refractivity contribution < 1.29 is 14.7 Å². The first kappa shape index (κ1) is 17.6. The summed E-state index contributed by atoms with van der Waals surface area (Å²) in [4.78, 5) is 22.8. The first-order valence-electron chi connectivity index (χ1n) is 7.46. The Balaban J connectivity index is 3.35. The van der Waals surface area contributed by atoms with E-state index in [-0.39, 0.29) is 5.78 Å². The number of hydrogen-bond donors (Lipinski definition) is 1. The van der Waals surface area contributed by atoms with Crippen molar-refractivity contribution in [2.24, 2.45) is 5.41 Å². The Morgan fingerprint density at radius 3 is 2.52 bits per heavy atom. The molecule has 1 aliphatic carbocycles. The highest BCUT2D eigenvalue weighted by Crippen LogP contribution is 2.47. The van der Waals surface area contributed by atoms with Crippen LogP contribution in [-0.4, -0.2) is 22.8 Å². The maximum Gasteiger partial charge on any atom is 0.159 e. The summed E-state index contributed by atoms with van der Waals surface area (Å²) in [5.74, 6) is 0.137. The topological polar surface area (TPSA) is 54.4 Å². The van der Waals surface area contributed by atoms with Crippen LogP contribution in [0.1, 0.15) is 53.9 Å². The Hall–Kier alpha value is -1.48. The number of aliphatic hydroxyl groups is 1. The lowest BCUT2D eigenvalue weighted by atomic mass is 9.62. The second-order valence-electron chi connectivity index (χ2n) is 6.48. The zero-order chi connectivity index (χ0) is 16.3. The van der Waals surface area contributed by atoms with E-state index >= 15 is 0 Å². The summed E-state index contributed by atoms with van der Waals surface area (Å²) in [5.41, 5.74) is 0.532. The first-order valence-corrected chi connectivity index (χ1v) is 7.46. The maximum absolute atomic E-state index is 12.3. The van der Waals surface area contributed by atoms with Crippen LogP contribution in [0.15, 0.2) is 34.9 Å². The number of Topliss-reactive ketones (excluding diaryl/α,β-unsaturated/α-hetero) is 1. The Kier molecular flexibility index (Phi) is 5.46. The molecule has 0 aromatic heterocycles. The van der Waals surface area contributed by atoms with Gasteiger partial charge < -0.3 is 5.11 Å². The fraction of sp³-hybridized carbons (Fsp3) is 0.556. The van der Waals surface area contributed by atoms with Crippen molar-refractivity contribution in [1.82, 2.24) is 0 Å². The molecule has 21 heavy (non-hydrogen) atoms. The molecule has 0 bridgehead atoms. The van der Waals surface area contributed by atoms with Gasteiger partial charge in [-0.3, -0.25) is 9.59 Å². The van der Waals surface area contributed by atoms with Gasteiger partial charge in [-0.25, -0.2) is 0 Å². The van der Waals surface area contributed by atoms with E-state index in [2.05, 4.69) is 0 Å². The zero-order valence-corrected chi connectivity index (χ0v) is 13.7. The monoisotopic (exact) mass is 290 g/mol. The van der Waals surface area contributed by atoms with E-state index in [0.29, 0.717) is 12.8 Å². The Bertz CT molecular complexity index is 521. The molecule has 0 fully saturated rings. The lowest BCUT2D eigenvalue weighted by molar-refractivity contribution is -0.123. The molecule has 3 heteroatoms. The predicted octanol–water partition coefficient (Wildman–Crippen LogP) is 3.53. The van der Waals surface area contributed by atoms with Gasteiger partial charge in [-0.15, -0.1) is 0 Å². The summed E-state index contributed by atoms with van der Waals surface area (Å²) in [7, 11) is 0. The van der Waals surface area contributed by atoms with Crippen molar-refractivity contribution in [3.05, 3.63) is 34.9 Å². The minimum absolute atomic E-state index is 0.137. The molecule has 0 saturated carbocycles. The van der Waals surface area contributed by atoms with Gasteiger partial charge in [-0.1, -0.05) is 33.3 Å². The molecule has 1 unspecified atom stereocenters. The van der Waals surface area contributed by atoms with Crippen LogP contribution >= 0.6 is 0 Å². The molecule has 0 aromatic rings. The van der Waals surface area contributed by atoms with Crippen LogP contribution in [-0.2, 0) is 9.59 Å². The van der Waals surface area contributed by atoms with Gasteiger partial charge in [0.05, 0.1) is 0 Å². The Morgan fingerprint density at radius 2 is 2.00 bits per heavy atom.